The van der Waals surface area contributed by atoms with E-state index in [1.165, 1.54) is 13.1 Å². The average molecular weight is 310 g/mol. The first-order valence-corrected chi connectivity index (χ1v) is 6.98. The molecular weight excluding hydrogens is 294 g/mol. The van der Waals surface area contributed by atoms with E-state index in [2.05, 4.69) is 16.0 Å². The van der Waals surface area contributed by atoms with Crippen LogP contribution >= 0.6 is 11.6 Å². The zero-order valence-corrected chi connectivity index (χ0v) is 12.3. The van der Waals surface area contributed by atoms with Gasteiger partial charge in [-0.25, -0.2) is 0 Å². The third kappa shape index (κ3) is 3.72. The summed E-state index contributed by atoms with van der Waals surface area (Å²) in [5.41, 5.74) is 0.800. The first kappa shape index (κ1) is 15.3. The molecule has 1 unspecified atom stereocenters. The Labute approximate surface area is 127 Å². The number of amides is 3. The van der Waals surface area contributed by atoms with Crippen LogP contribution < -0.4 is 16.0 Å². The predicted octanol–water partition coefficient (Wildman–Crippen LogP) is 1.16. The van der Waals surface area contributed by atoms with E-state index in [0.29, 0.717) is 35.7 Å². The minimum atomic E-state index is -0.318. The number of piperidine rings is 1. The van der Waals surface area contributed by atoms with Crippen molar-refractivity contribution in [3.8, 4) is 0 Å². The molecule has 0 radical (unpaired) electrons. The normalized spacial score (nSPS) is 17.8. The van der Waals surface area contributed by atoms with Gasteiger partial charge in [0.05, 0.1) is 16.5 Å². The van der Waals surface area contributed by atoms with E-state index in [9.17, 15) is 14.4 Å². The highest BCUT2D eigenvalue weighted by atomic mass is 35.5. The Morgan fingerprint density at radius 3 is 2.76 bits per heavy atom. The van der Waals surface area contributed by atoms with Crippen LogP contribution in [0.2, 0.25) is 5.02 Å². The van der Waals surface area contributed by atoms with Crippen molar-refractivity contribution in [2.24, 2.45) is 5.92 Å². The Kier molecular flexibility index (Phi) is 4.80. The van der Waals surface area contributed by atoms with Gasteiger partial charge in [0.2, 0.25) is 11.8 Å². The second kappa shape index (κ2) is 6.58. The maximum atomic E-state index is 12.1. The van der Waals surface area contributed by atoms with Gasteiger partial charge in [-0.05, 0) is 24.6 Å². The minimum Gasteiger partial charge on any atom is -0.355 e. The summed E-state index contributed by atoms with van der Waals surface area (Å²) in [5.74, 6) is -0.796. The summed E-state index contributed by atoms with van der Waals surface area (Å²) in [6.07, 6.45) is 0.871. The summed E-state index contributed by atoms with van der Waals surface area (Å²) in [6.45, 7) is 0.334. The summed E-state index contributed by atoms with van der Waals surface area (Å²) in [6, 6.07) is 4.72. The SMILES string of the molecule is CNC(=O)c1cc(NC(=O)C2CCC(=O)NC2)ccc1Cl. The standard InChI is InChI=1S/C14H16ClN3O3/c1-16-14(21)10-6-9(3-4-11(10)15)18-13(20)8-2-5-12(19)17-7-8/h3-4,6,8H,2,5,7H2,1H3,(H,16,21)(H,17,19)(H,18,20). The maximum Gasteiger partial charge on any atom is 0.252 e. The van der Waals surface area contributed by atoms with Crippen molar-refractivity contribution < 1.29 is 14.4 Å². The molecule has 0 saturated carbocycles. The van der Waals surface area contributed by atoms with E-state index >= 15 is 0 Å². The van der Waals surface area contributed by atoms with Gasteiger partial charge < -0.3 is 16.0 Å². The molecule has 6 nitrogen and oxygen atoms in total. The molecule has 1 atom stereocenters. The molecule has 0 aliphatic carbocycles. The number of anilines is 1. The zero-order valence-electron chi connectivity index (χ0n) is 11.5. The largest absolute Gasteiger partial charge is 0.355 e. The summed E-state index contributed by atoms with van der Waals surface area (Å²) in [5, 5.41) is 8.21. The van der Waals surface area contributed by atoms with Crippen LogP contribution in [-0.2, 0) is 9.59 Å². The lowest BCUT2D eigenvalue weighted by atomic mass is 9.98. The van der Waals surface area contributed by atoms with E-state index in [1.54, 1.807) is 12.1 Å². The lowest BCUT2D eigenvalue weighted by molar-refractivity contribution is -0.126. The summed E-state index contributed by atoms with van der Waals surface area (Å²) in [7, 11) is 1.51. The van der Waals surface area contributed by atoms with Crippen molar-refractivity contribution in [1.29, 1.82) is 0 Å². The molecule has 1 fully saturated rings. The first-order chi connectivity index (χ1) is 10.0. The highest BCUT2D eigenvalue weighted by Crippen LogP contribution is 2.22. The van der Waals surface area contributed by atoms with Gasteiger partial charge in [0.25, 0.3) is 5.91 Å². The Bertz CT molecular complexity index is 579. The fraction of sp³-hybridized carbons (Fsp3) is 0.357. The molecule has 0 bridgehead atoms. The number of benzene rings is 1. The van der Waals surface area contributed by atoms with E-state index in [0.717, 1.165) is 0 Å². The molecule has 21 heavy (non-hydrogen) atoms. The topological polar surface area (TPSA) is 87.3 Å². The molecule has 3 amide bonds. The van der Waals surface area contributed by atoms with Gasteiger partial charge in [0, 0.05) is 25.7 Å². The van der Waals surface area contributed by atoms with Gasteiger partial charge in [-0.2, -0.15) is 0 Å². The van der Waals surface area contributed by atoms with E-state index in [1.807, 2.05) is 0 Å². The maximum absolute atomic E-state index is 12.1. The predicted molar refractivity (Wildman–Crippen MR) is 79.2 cm³/mol. The fourth-order valence-corrected chi connectivity index (χ4v) is 2.32. The Balaban J connectivity index is 2.07. The third-order valence-electron chi connectivity index (χ3n) is 3.34. The molecule has 7 heteroatoms. The second-order valence-electron chi connectivity index (χ2n) is 4.80. The molecular formula is C14H16ClN3O3. The number of carbonyl (C=O) groups excluding carboxylic acids is 3. The van der Waals surface area contributed by atoms with Gasteiger partial charge in [0.1, 0.15) is 0 Å². The lowest BCUT2D eigenvalue weighted by Gasteiger charge is -2.21. The Morgan fingerprint density at radius 2 is 2.14 bits per heavy atom. The summed E-state index contributed by atoms with van der Waals surface area (Å²) in [4.78, 5) is 34.8. The van der Waals surface area contributed by atoms with Crippen LogP contribution in [-0.4, -0.2) is 31.3 Å². The summed E-state index contributed by atoms with van der Waals surface area (Å²) < 4.78 is 0. The van der Waals surface area contributed by atoms with Gasteiger partial charge in [-0.3, -0.25) is 14.4 Å². The first-order valence-electron chi connectivity index (χ1n) is 6.60. The molecule has 1 aromatic rings. The molecule has 1 aliphatic rings. The second-order valence-corrected chi connectivity index (χ2v) is 5.21. The minimum absolute atomic E-state index is 0.0348. The molecule has 0 aromatic heterocycles. The van der Waals surface area contributed by atoms with E-state index in [-0.39, 0.29) is 23.6 Å². The van der Waals surface area contributed by atoms with Crippen molar-refractivity contribution >= 4 is 35.0 Å². The van der Waals surface area contributed by atoms with Crippen molar-refractivity contribution in [2.45, 2.75) is 12.8 Å². The van der Waals surface area contributed by atoms with Crippen LogP contribution in [0.3, 0.4) is 0 Å². The molecule has 1 heterocycles. The molecule has 112 valence electrons. The number of carbonyl (C=O) groups is 3. The van der Waals surface area contributed by atoms with E-state index < -0.39 is 0 Å². The van der Waals surface area contributed by atoms with Gasteiger partial charge in [0.15, 0.2) is 0 Å². The van der Waals surface area contributed by atoms with Crippen LogP contribution in [0.4, 0.5) is 5.69 Å². The molecule has 3 N–H and O–H groups in total. The smallest absolute Gasteiger partial charge is 0.252 e. The number of nitrogens with one attached hydrogen (secondary N) is 3. The van der Waals surface area contributed by atoms with Crippen LogP contribution in [0, 0.1) is 5.92 Å². The zero-order chi connectivity index (χ0) is 15.4. The van der Waals surface area contributed by atoms with Crippen LogP contribution in [0.15, 0.2) is 18.2 Å². The van der Waals surface area contributed by atoms with Crippen molar-refractivity contribution in [2.75, 3.05) is 18.9 Å². The van der Waals surface area contributed by atoms with Crippen LogP contribution in [0.5, 0.6) is 0 Å². The third-order valence-corrected chi connectivity index (χ3v) is 3.67. The number of hydrogen-bond acceptors (Lipinski definition) is 3. The molecule has 1 saturated heterocycles. The number of halogens is 1. The highest BCUT2D eigenvalue weighted by Gasteiger charge is 2.24. The van der Waals surface area contributed by atoms with Crippen molar-refractivity contribution in [1.82, 2.24) is 10.6 Å². The fourth-order valence-electron chi connectivity index (χ4n) is 2.11. The van der Waals surface area contributed by atoms with Gasteiger partial charge in [-0.1, -0.05) is 11.6 Å². The van der Waals surface area contributed by atoms with Crippen LogP contribution in [0.25, 0.3) is 0 Å². The monoisotopic (exact) mass is 309 g/mol. The van der Waals surface area contributed by atoms with E-state index in [4.69, 9.17) is 11.6 Å². The van der Waals surface area contributed by atoms with Crippen LogP contribution in [0.1, 0.15) is 23.2 Å². The average Bonchev–Trinajstić information content (AvgIpc) is 2.49. The van der Waals surface area contributed by atoms with Crippen molar-refractivity contribution in [3.63, 3.8) is 0 Å². The number of rotatable bonds is 3. The Morgan fingerprint density at radius 1 is 1.38 bits per heavy atom. The van der Waals surface area contributed by atoms with Gasteiger partial charge in [-0.15, -0.1) is 0 Å². The van der Waals surface area contributed by atoms with Crippen molar-refractivity contribution in [3.05, 3.63) is 28.8 Å². The Hall–Kier alpha value is -2.08. The summed E-state index contributed by atoms with van der Waals surface area (Å²) >= 11 is 5.95. The quantitative estimate of drug-likeness (QED) is 0.783. The molecule has 0 spiro atoms. The highest BCUT2D eigenvalue weighted by molar-refractivity contribution is 6.34. The molecule has 2 rings (SSSR count). The van der Waals surface area contributed by atoms with Gasteiger partial charge >= 0.3 is 0 Å². The number of hydrogen-bond donors (Lipinski definition) is 3. The molecule has 1 aromatic carbocycles. The lowest BCUT2D eigenvalue weighted by Crippen LogP contribution is -2.40. The molecule has 1 aliphatic heterocycles.